The Morgan fingerprint density at radius 3 is 2.36 bits per heavy atom. The topological polar surface area (TPSA) is 66.0 Å². The van der Waals surface area contributed by atoms with E-state index in [-0.39, 0.29) is 36.4 Å². The molecule has 0 aromatic carbocycles. The molecule has 0 aliphatic rings. The van der Waals surface area contributed by atoms with Crippen molar-refractivity contribution in [3.8, 4) is 0 Å². The Bertz CT molecular complexity index is 310. The molecule has 2 N–H and O–H groups in total. The molecule has 0 fully saturated rings. The number of likely N-dealkylation sites (N-methyl/N-ethyl adjacent to an activating group) is 1. The van der Waals surface area contributed by atoms with Crippen molar-refractivity contribution in [3.05, 3.63) is 0 Å². The lowest BCUT2D eigenvalue weighted by atomic mass is 10.3. The predicted octanol–water partition coefficient (Wildman–Crippen LogP) is 1.84. The predicted molar refractivity (Wildman–Crippen MR) is 103 cm³/mol. The molecule has 0 aromatic rings. The van der Waals surface area contributed by atoms with Gasteiger partial charge in [0.1, 0.15) is 6.54 Å². The van der Waals surface area contributed by atoms with E-state index in [0.29, 0.717) is 12.1 Å². The van der Waals surface area contributed by atoms with Gasteiger partial charge in [0, 0.05) is 33.8 Å². The third kappa shape index (κ3) is 14.4. The van der Waals surface area contributed by atoms with Crippen molar-refractivity contribution in [2.45, 2.75) is 46.1 Å². The zero-order valence-corrected chi connectivity index (χ0v) is 17.0. The summed E-state index contributed by atoms with van der Waals surface area (Å²) in [6, 6.07) is 0. The highest BCUT2D eigenvalue weighted by atomic mass is 127. The molecule has 7 heteroatoms. The number of ether oxygens (including phenoxy) is 1. The van der Waals surface area contributed by atoms with E-state index in [1.165, 1.54) is 0 Å². The summed E-state index contributed by atoms with van der Waals surface area (Å²) in [5.41, 5.74) is 0. The molecule has 0 heterocycles. The number of carbonyl (C=O) groups is 1. The molecule has 0 rings (SSSR count). The molecule has 0 atom stereocenters. The van der Waals surface area contributed by atoms with Crippen LogP contribution in [0.25, 0.3) is 0 Å². The third-order valence-corrected chi connectivity index (χ3v) is 2.73. The molecule has 0 spiro atoms. The fourth-order valence-electron chi connectivity index (χ4n) is 1.46. The fraction of sp³-hybridized carbons (Fsp3) is 0.867. The van der Waals surface area contributed by atoms with Gasteiger partial charge >= 0.3 is 0 Å². The van der Waals surface area contributed by atoms with Gasteiger partial charge in [-0.1, -0.05) is 6.92 Å². The minimum atomic E-state index is -0.00191. The van der Waals surface area contributed by atoms with E-state index in [0.717, 1.165) is 39.0 Å². The number of aliphatic imine (C=N–C) groups is 1. The average Bonchev–Trinajstić information content (AvgIpc) is 2.43. The standard InChI is InChI=1S/C15H32N4O2.HI/c1-6-9-16-15(18-12-14(20)19(4)5)17-10-7-8-11-21-13(2)3;/h13H,6-12H2,1-5H3,(H2,16,17,18);1H. The maximum atomic E-state index is 11.5. The summed E-state index contributed by atoms with van der Waals surface area (Å²) < 4.78 is 5.50. The maximum Gasteiger partial charge on any atom is 0.243 e. The Labute approximate surface area is 152 Å². The lowest BCUT2D eigenvalue weighted by molar-refractivity contribution is -0.127. The van der Waals surface area contributed by atoms with Crippen molar-refractivity contribution in [3.63, 3.8) is 0 Å². The molecule has 132 valence electrons. The van der Waals surface area contributed by atoms with E-state index >= 15 is 0 Å². The minimum Gasteiger partial charge on any atom is -0.379 e. The highest BCUT2D eigenvalue weighted by Crippen LogP contribution is 1.93. The van der Waals surface area contributed by atoms with Gasteiger partial charge in [0.05, 0.1) is 6.10 Å². The SMILES string of the molecule is CCCNC(=NCC(=O)N(C)C)NCCCCOC(C)C.I. The van der Waals surface area contributed by atoms with E-state index in [1.807, 2.05) is 13.8 Å². The smallest absolute Gasteiger partial charge is 0.243 e. The van der Waals surface area contributed by atoms with Gasteiger partial charge in [0.25, 0.3) is 0 Å². The van der Waals surface area contributed by atoms with E-state index in [9.17, 15) is 4.79 Å². The van der Waals surface area contributed by atoms with Crippen molar-refractivity contribution in [1.82, 2.24) is 15.5 Å². The Balaban J connectivity index is 0. The highest BCUT2D eigenvalue weighted by molar-refractivity contribution is 14.0. The number of rotatable bonds is 10. The van der Waals surface area contributed by atoms with Gasteiger partial charge in [0.15, 0.2) is 5.96 Å². The minimum absolute atomic E-state index is 0. The van der Waals surface area contributed by atoms with Gasteiger partial charge in [-0.05, 0) is 33.1 Å². The summed E-state index contributed by atoms with van der Waals surface area (Å²) in [6.45, 7) is 8.80. The summed E-state index contributed by atoms with van der Waals surface area (Å²) in [6.07, 6.45) is 3.34. The van der Waals surface area contributed by atoms with Crippen LogP contribution >= 0.6 is 24.0 Å². The molecule has 22 heavy (non-hydrogen) atoms. The van der Waals surface area contributed by atoms with Crippen LogP contribution in [0.15, 0.2) is 4.99 Å². The van der Waals surface area contributed by atoms with Gasteiger partial charge in [-0.3, -0.25) is 4.79 Å². The molecule has 0 aromatic heterocycles. The molecular formula is C15H33IN4O2. The van der Waals surface area contributed by atoms with Gasteiger partial charge in [-0.15, -0.1) is 24.0 Å². The Kier molecular flexibility index (Phi) is 16.5. The molecule has 0 unspecified atom stereocenters. The number of hydrogen-bond acceptors (Lipinski definition) is 3. The van der Waals surface area contributed by atoms with Crippen LogP contribution in [0, 0.1) is 0 Å². The molecule has 0 radical (unpaired) electrons. The zero-order chi connectivity index (χ0) is 16.1. The van der Waals surface area contributed by atoms with Crippen molar-refractivity contribution in [1.29, 1.82) is 0 Å². The van der Waals surface area contributed by atoms with Crippen molar-refractivity contribution < 1.29 is 9.53 Å². The second-order valence-corrected chi connectivity index (χ2v) is 5.43. The maximum absolute atomic E-state index is 11.5. The molecular weight excluding hydrogens is 395 g/mol. The van der Waals surface area contributed by atoms with Gasteiger partial charge < -0.3 is 20.3 Å². The number of amides is 1. The monoisotopic (exact) mass is 428 g/mol. The first-order valence-electron chi connectivity index (χ1n) is 7.81. The second-order valence-electron chi connectivity index (χ2n) is 5.43. The van der Waals surface area contributed by atoms with Crippen molar-refractivity contribution in [2.75, 3.05) is 40.3 Å². The van der Waals surface area contributed by atoms with Crippen molar-refractivity contribution >= 4 is 35.8 Å². The first-order chi connectivity index (χ1) is 9.97. The van der Waals surface area contributed by atoms with E-state index in [2.05, 4.69) is 22.5 Å². The van der Waals surface area contributed by atoms with Crippen LogP contribution in [0.4, 0.5) is 0 Å². The number of hydrogen-bond donors (Lipinski definition) is 2. The number of guanidine groups is 1. The Morgan fingerprint density at radius 2 is 1.82 bits per heavy atom. The van der Waals surface area contributed by atoms with Crippen molar-refractivity contribution in [2.24, 2.45) is 4.99 Å². The van der Waals surface area contributed by atoms with Gasteiger partial charge in [-0.25, -0.2) is 4.99 Å². The summed E-state index contributed by atoms with van der Waals surface area (Å²) >= 11 is 0. The summed E-state index contributed by atoms with van der Waals surface area (Å²) in [5, 5.41) is 6.46. The molecule has 1 amide bonds. The van der Waals surface area contributed by atoms with Crippen LogP contribution in [-0.2, 0) is 9.53 Å². The number of nitrogens with zero attached hydrogens (tertiary/aromatic N) is 2. The van der Waals surface area contributed by atoms with Crippen LogP contribution in [0.1, 0.15) is 40.0 Å². The average molecular weight is 428 g/mol. The summed E-state index contributed by atoms with van der Waals surface area (Å²) in [5.74, 6) is 0.703. The van der Waals surface area contributed by atoms with Gasteiger partial charge in [0.2, 0.25) is 5.91 Å². The number of halogens is 1. The van der Waals surface area contributed by atoms with Crippen LogP contribution < -0.4 is 10.6 Å². The molecule has 6 nitrogen and oxygen atoms in total. The van der Waals surface area contributed by atoms with Crippen LogP contribution in [0.3, 0.4) is 0 Å². The van der Waals surface area contributed by atoms with Crippen LogP contribution in [0.2, 0.25) is 0 Å². The normalized spacial score (nSPS) is 11.1. The number of unbranched alkanes of at least 4 members (excludes halogenated alkanes) is 1. The van der Waals surface area contributed by atoms with Crippen LogP contribution in [0.5, 0.6) is 0 Å². The van der Waals surface area contributed by atoms with E-state index in [4.69, 9.17) is 4.74 Å². The zero-order valence-electron chi connectivity index (χ0n) is 14.6. The summed E-state index contributed by atoms with van der Waals surface area (Å²) in [4.78, 5) is 17.4. The first-order valence-corrected chi connectivity index (χ1v) is 7.81. The second kappa shape index (κ2) is 15.3. The lowest BCUT2D eigenvalue weighted by Crippen LogP contribution is -2.39. The Morgan fingerprint density at radius 1 is 1.18 bits per heavy atom. The fourth-order valence-corrected chi connectivity index (χ4v) is 1.46. The largest absolute Gasteiger partial charge is 0.379 e. The third-order valence-electron chi connectivity index (χ3n) is 2.73. The first kappa shape index (κ1) is 23.7. The lowest BCUT2D eigenvalue weighted by Gasteiger charge is -2.13. The molecule has 0 saturated heterocycles. The Hall–Kier alpha value is -0.570. The molecule has 0 aliphatic heterocycles. The number of nitrogens with one attached hydrogen (secondary N) is 2. The quantitative estimate of drug-likeness (QED) is 0.241. The molecule has 0 bridgehead atoms. The summed E-state index contributed by atoms with van der Waals surface area (Å²) in [7, 11) is 3.47. The van der Waals surface area contributed by atoms with Crippen LogP contribution in [-0.4, -0.2) is 63.2 Å². The molecule has 0 aliphatic carbocycles. The highest BCUT2D eigenvalue weighted by Gasteiger charge is 2.04. The van der Waals surface area contributed by atoms with E-state index < -0.39 is 0 Å². The number of carbonyl (C=O) groups excluding carboxylic acids is 1. The van der Waals surface area contributed by atoms with E-state index in [1.54, 1.807) is 19.0 Å². The van der Waals surface area contributed by atoms with Gasteiger partial charge in [-0.2, -0.15) is 0 Å². The molecule has 0 saturated carbocycles.